The van der Waals surface area contributed by atoms with E-state index in [2.05, 4.69) is 33.5 Å². The number of anilines is 1. The summed E-state index contributed by atoms with van der Waals surface area (Å²) in [6.45, 7) is 2.30. The molecule has 1 fully saturated rings. The van der Waals surface area contributed by atoms with Crippen molar-refractivity contribution in [3.8, 4) is 28.6 Å². The predicted molar refractivity (Wildman–Crippen MR) is 132 cm³/mol. The van der Waals surface area contributed by atoms with Gasteiger partial charge in [-0.05, 0) is 32.0 Å². The van der Waals surface area contributed by atoms with Crippen LogP contribution in [0.15, 0.2) is 48.7 Å². The Balaban J connectivity index is 1.50. The number of aromatic nitrogens is 4. The van der Waals surface area contributed by atoms with Crippen LogP contribution in [0.4, 0.5) is 5.82 Å². The third kappa shape index (κ3) is 4.59. The quantitative estimate of drug-likeness (QED) is 0.391. The first-order valence-electron chi connectivity index (χ1n) is 11.2. The molecule has 1 saturated heterocycles. The summed E-state index contributed by atoms with van der Waals surface area (Å²) in [7, 11) is 2.12. The van der Waals surface area contributed by atoms with Gasteiger partial charge in [-0.1, -0.05) is 41.9 Å². The fraction of sp³-hybridized carbons (Fsp3) is 0.280. The van der Waals surface area contributed by atoms with Crippen LogP contribution in [-0.4, -0.2) is 58.0 Å². The molecule has 2 N–H and O–H groups in total. The molecule has 0 unspecified atom stereocenters. The van der Waals surface area contributed by atoms with Crippen LogP contribution in [0.25, 0.3) is 33.4 Å². The van der Waals surface area contributed by atoms with Crippen LogP contribution in [0.1, 0.15) is 18.5 Å². The standard InChI is InChI=1S/C25H24ClN7O/c1-33-9-7-19(8-10-33)34-15-28-25-21(13-27)30-24(23(31-25)16-5-3-2-4-6-16)17-11-18-14-29-32-22(18)20(26)12-17/h2-6,11-12,14,19H,7-10,15H2,1H3,(H,28,31)(H,29,32). The lowest BCUT2D eigenvalue weighted by atomic mass is 10.0. The molecule has 0 saturated carbocycles. The van der Waals surface area contributed by atoms with Crippen molar-refractivity contribution in [2.45, 2.75) is 18.9 Å². The number of fused-ring (bicyclic) bond motifs is 1. The minimum Gasteiger partial charge on any atom is -0.358 e. The average Bonchev–Trinajstić information content (AvgIpc) is 3.35. The van der Waals surface area contributed by atoms with Crippen LogP contribution < -0.4 is 5.32 Å². The van der Waals surface area contributed by atoms with Gasteiger partial charge in [0.1, 0.15) is 12.8 Å². The van der Waals surface area contributed by atoms with Crippen LogP contribution in [0, 0.1) is 11.3 Å². The van der Waals surface area contributed by atoms with Gasteiger partial charge in [0.2, 0.25) is 0 Å². The minimum absolute atomic E-state index is 0.193. The van der Waals surface area contributed by atoms with Gasteiger partial charge in [0, 0.05) is 29.6 Å². The highest BCUT2D eigenvalue weighted by atomic mass is 35.5. The highest BCUT2D eigenvalue weighted by molar-refractivity contribution is 6.35. The van der Waals surface area contributed by atoms with Gasteiger partial charge in [-0.25, -0.2) is 9.97 Å². The molecule has 0 amide bonds. The highest BCUT2D eigenvalue weighted by Gasteiger charge is 2.20. The van der Waals surface area contributed by atoms with Crippen LogP contribution in [-0.2, 0) is 4.74 Å². The third-order valence-electron chi connectivity index (χ3n) is 6.05. The number of nitrogens with one attached hydrogen (secondary N) is 2. The van der Waals surface area contributed by atoms with Crippen molar-refractivity contribution in [3.05, 3.63) is 59.4 Å². The first-order valence-corrected chi connectivity index (χ1v) is 11.5. The molecule has 1 aliphatic rings. The third-order valence-corrected chi connectivity index (χ3v) is 6.35. The number of benzene rings is 2. The minimum atomic E-state index is 0.193. The van der Waals surface area contributed by atoms with E-state index in [0.29, 0.717) is 22.2 Å². The summed E-state index contributed by atoms with van der Waals surface area (Å²) >= 11 is 6.49. The normalized spacial score (nSPS) is 14.9. The Hall–Kier alpha value is -3.51. The summed E-state index contributed by atoms with van der Waals surface area (Å²) in [5, 5.41) is 21.4. The van der Waals surface area contributed by atoms with Crippen LogP contribution in [0.5, 0.6) is 0 Å². The predicted octanol–water partition coefficient (Wildman–Crippen LogP) is 4.69. The Morgan fingerprint density at radius 2 is 1.91 bits per heavy atom. The maximum Gasteiger partial charge on any atom is 0.183 e. The number of aromatic amines is 1. The maximum atomic E-state index is 9.84. The number of likely N-dealkylation sites (tertiary alicyclic amines) is 1. The van der Waals surface area contributed by atoms with E-state index < -0.39 is 0 Å². The maximum absolute atomic E-state index is 9.84. The van der Waals surface area contributed by atoms with Gasteiger partial charge in [-0.2, -0.15) is 10.4 Å². The highest BCUT2D eigenvalue weighted by Crippen LogP contribution is 2.35. The molecule has 0 bridgehead atoms. The lowest BCUT2D eigenvalue weighted by Gasteiger charge is -2.29. The number of hydrogen-bond acceptors (Lipinski definition) is 7. The van der Waals surface area contributed by atoms with Crippen molar-refractivity contribution in [2.24, 2.45) is 0 Å². The summed E-state index contributed by atoms with van der Waals surface area (Å²) in [5.41, 5.74) is 3.83. The van der Waals surface area contributed by atoms with E-state index in [9.17, 15) is 5.26 Å². The summed E-state index contributed by atoms with van der Waals surface area (Å²) in [4.78, 5) is 11.8. The lowest BCUT2D eigenvalue weighted by molar-refractivity contribution is 0.0223. The lowest BCUT2D eigenvalue weighted by Crippen LogP contribution is -2.35. The Morgan fingerprint density at radius 3 is 2.68 bits per heavy atom. The Bertz CT molecular complexity index is 1340. The second kappa shape index (κ2) is 9.77. The Labute approximate surface area is 202 Å². The van der Waals surface area contributed by atoms with Gasteiger partial charge in [0.25, 0.3) is 0 Å². The fourth-order valence-electron chi connectivity index (χ4n) is 4.17. The van der Waals surface area contributed by atoms with Crippen LogP contribution in [0.2, 0.25) is 5.02 Å². The van der Waals surface area contributed by atoms with Gasteiger partial charge in [-0.15, -0.1) is 0 Å². The van der Waals surface area contributed by atoms with Crippen molar-refractivity contribution in [1.29, 1.82) is 5.26 Å². The monoisotopic (exact) mass is 473 g/mol. The molecule has 0 atom stereocenters. The number of H-pyrrole nitrogens is 1. The van der Waals surface area contributed by atoms with Gasteiger partial charge in [0.05, 0.1) is 34.2 Å². The molecule has 8 nitrogen and oxygen atoms in total. The van der Waals surface area contributed by atoms with E-state index in [4.69, 9.17) is 26.3 Å². The van der Waals surface area contributed by atoms with Gasteiger partial charge in [0.15, 0.2) is 11.5 Å². The molecule has 2 aromatic heterocycles. The molecule has 172 valence electrons. The van der Waals surface area contributed by atoms with Gasteiger partial charge < -0.3 is 15.0 Å². The van der Waals surface area contributed by atoms with Gasteiger partial charge in [-0.3, -0.25) is 5.10 Å². The molecule has 4 aromatic rings. The zero-order valence-electron chi connectivity index (χ0n) is 18.8. The van der Waals surface area contributed by atoms with Crippen molar-refractivity contribution in [1.82, 2.24) is 25.1 Å². The fourth-order valence-corrected chi connectivity index (χ4v) is 4.43. The SMILES string of the molecule is CN1CCC(OCNc2nc(-c3ccccc3)c(-c3cc(Cl)c4[nH]ncc4c3)nc2C#N)CC1. The van der Waals surface area contributed by atoms with Crippen LogP contribution >= 0.6 is 11.6 Å². The summed E-state index contributed by atoms with van der Waals surface area (Å²) < 4.78 is 6.01. The molecule has 0 spiro atoms. The molecule has 5 rings (SSSR count). The molecular formula is C25H24ClN7O. The van der Waals surface area contributed by atoms with E-state index in [1.807, 2.05) is 42.5 Å². The number of nitriles is 1. The van der Waals surface area contributed by atoms with E-state index in [1.54, 1.807) is 6.20 Å². The zero-order valence-corrected chi connectivity index (χ0v) is 19.5. The van der Waals surface area contributed by atoms with E-state index in [1.165, 1.54) is 0 Å². The van der Waals surface area contributed by atoms with Gasteiger partial charge >= 0.3 is 0 Å². The molecule has 3 heterocycles. The largest absolute Gasteiger partial charge is 0.358 e. The van der Waals surface area contributed by atoms with E-state index in [0.717, 1.165) is 48.0 Å². The topological polar surface area (TPSA) is 103 Å². The molecule has 9 heteroatoms. The van der Waals surface area contributed by atoms with Crippen molar-refractivity contribution in [3.63, 3.8) is 0 Å². The molecular weight excluding hydrogens is 450 g/mol. The van der Waals surface area contributed by atoms with Crippen molar-refractivity contribution >= 4 is 28.3 Å². The van der Waals surface area contributed by atoms with Crippen LogP contribution in [0.3, 0.4) is 0 Å². The molecule has 0 radical (unpaired) electrons. The Kier molecular flexibility index (Phi) is 6.41. The summed E-state index contributed by atoms with van der Waals surface area (Å²) in [6, 6.07) is 15.7. The number of ether oxygens (including phenoxy) is 1. The second-order valence-electron chi connectivity index (χ2n) is 8.38. The van der Waals surface area contributed by atoms with E-state index in [-0.39, 0.29) is 18.5 Å². The van der Waals surface area contributed by atoms with Crippen molar-refractivity contribution in [2.75, 3.05) is 32.2 Å². The average molecular weight is 474 g/mol. The summed E-state index contributed by atoms with van der Waals surface area (Å²) in [6.07, 6.45) is 3.88. The Morgan fingerprint density at radius 1 is 1.15 bits per heavy atom. The number of piperidine rings is 1. The van der Waals surface area contributed by atoms with Crippen molar-refractivity contribution < 1.29 is 4.74 Å². The molecule has 2 aromatic carbocycles. The first-order chi connectivity index (χ1) is 16.6. The zero-order chi connectivity index (χ0) is 23.5. The molecule has 34 heavy (non-hydrogen) atoms. The molecule has 0 aliphatic carbocycles. The first kappa shape index (κ1) is 22.3. The number of rotatable bonds is 6. The number of nitrogens with zero attached hydrogens (tertiary/aromatic N) is 5. The second-order valence-corrected chi connectivity index (χ2v) is 8.79. The number of halogens is 1. The number of hydrogen-bond donors (Lipinski definition) is 2. The smallest absolute Gasteiger partial charge is 0.183 e. The molecule has 1 aliphatic heterocycles. The van der Waals surface area contributed by atoms with E-state index >= 15 is 0 Å². The summed E-state index contributed by atoms with van der Waals surface area (Å²) in [5.74, 6) is 0.397.